The predicted molar refractivity (Wildman–Crippen MR) is 98.7 cm³/mol. The van der Waals surface area contributed by atoms with Crippen molar-refractivity contribution < 1.29 is 14.3 Å². The van der Waals surface area contributed by atoms with Crippen LogP contribution in [0.4, 0.5) is 0 Å². The summed E-state index contributed by atoms with van der Waals surface area (Å²) in [5.74, 6) is 1.31. The van der Waals surface area contributed by atoms with Crippen LogP contribution in [0.1, 0.15) is 18.1 Å². The summed E-state index contributed by atoms with van der Waals surface area (Å²) in [4.78, 5) is 12.0. The van der Waals surface area contributed by atoms with Gasteiger partial charge in [0.1, 0.15) is 18.1 Å². The van der Waals surface area contributed by atoms with E-state index in [0.717, 1.165) is 21.3 Å². The first-order valence-electron chi connectivity index (χ1n) is 7.85. The van der Waals surface area contributed by atoms with Crippen molar-refractivity contribution in [2.24, 2.45) is 0 Å². The smallest absolute Gasteiger partial charge is 0.260 e. The van der Waals surface area contributed by atoms with Crippen LogP contribution in [0.25, 0.3) is 0 Å². The van der Waals surface area contributed by atoms with Gasteiger partial charge in [0, 0.05) is 4.47 Å². The third-order valence-corrected chi connectivity index (χ3v) is 3.89. The SMILES string of the molecule is Cc1cc(C)cc(OCCNC(=O)C(C)Oc2ccc(Br)cc2)c1. The van der Waals surface area contributed by atoms with Gasteiger partial charge < -0.3 is 14.8 Å². The van der Waals surface area contributed by atoms with Crippen LogP contribution < -0.4 is 14.8 Å². The van der Waals surface area contributed by atoms with E-state index in [1.165, 1.54) is 0 Å². The van der Waals surface area contributed by atoms with Crippen LogP contribution in [0.2, 0.25) is 0 Å². The fraction of sp³-hybridized carbons (Fsp3) is 0.316. The molecule has 0 spiro atoms. The van der Waals surface area contributed by atoms with Crippen molar-refractivity contribution in [3.8, 4) is 11.5 Å². The number of hydrogen-bond donors (Lipinski definition) is 1. The number of amides is 1. The van der Waals surface area contributed by atoms with Crippen LogP contribution in [0.5, 0.6) is 11.5 Å². The second kappa shape index (κ2) is 8.73. The van der Waals surface area contributed by atoms with Crippen molar-refractivity contribution >= 4 is 21.8 Å². The van der Waals surface area contributed by atoms with E-state index >= 15 is 0 Å². The summed E-state index contributed by atoms with van der Waals surface area (Å²) in [5.41, 5.74) is 2.32. The zero-order chi connectivity index (χ0) is 17.5. The molecule has 128 valence electrons. The van der Waals surface area contributed by atoms with E-state index in [4.69, 9.17) is 9.47 Å². The first kappa shape index (κ1) is 18.3. The molecular formula is C19H22BrNO3. The Morgan fingerprint density at radius 2 is 1.71 bits per heavy atom. The second-order valence-electron chi connectivity index (χ2n) is 5.68. The molecule has 0 aliphatic heterocycles. The first-order chi connectivity index (χ1) is 11.4. The van der Waals surface area contributed by atoms with Crippen molar-refractivity contribution in [2.75, 3.05) is 13.2 Å². The monoisotopic (exact) mass is 391 g/mol. The fourth-order valence-corrected chi connectivity index (χ4v) is 2.54. The van der Waals surface area contributed by atoms with Crippen LogP contribution in [0.3, 0.4) is 0 Å². The molecule has 0 radical (unpaired) electrons. The molecule has 0 aliphatic carbocycles. The number of aryl methyl sites for hydroxylation is 2. The average molecular weight is 392 g/mol. The van der Waals surface area contributed by atoms with Gasteiger partial charge in [-0.3, -0.25) is 4.79 Å². The van der Waals surface area contributed by atoms with E-state index in [-0.39, 0.29) is 5.91 Å². The Morgan fingerprint density at radius 3 is 2.33 bits per heavy atom. The number of halogens is 1. The second-order valence-corrected chi connectivity index (χ2v) is 6.59. The third-order valence-electron chi connectivity index (χ3n) is 3.36. The lowest BCUT2D eigenvalue weighted by atomic mass is 10.1. The molecule has 2 rings (SSSR count). The lowest BCUT2D eigenvalue weighted by Gasteiger charge is -2.15. The molecule has 0 bridgehead atoms. The van der Waals surface area contributed by atoms with Crippen molar-refractivity contribution in [3.05, 3.63) is 58.1 Å². The van der Waals surface area contributed by atoms with Gasteiger partial charge in [-0.2, -0.15) is 0 Å². The summed E-state index contributed by atoms with van der Waals surface area (Å²) in [5, 5.41) is 2.82. The highest BCUT2D eigenvalue weighted by molar-refractivity contribution is 9.10. The molecule has 2 aromatic rings. The van der Waals surface area contributed by atoms with Gasteiger partial charge in [-0.05, 0) is 68.3 Å². The van der Waals surface area contributed by atoms with E-state index in [1.807, 2.05) is 50.2 Å². The lowest BCUT2D eigenvalue weighted by Crippen LogP contribution is -2.38. The molecule has 0 saturated carbocycles. The molecule has 1 N–H and O–H groups in total. The standard InChI is InChI=1S/C19H22BrNO3/c1-13-10-14(2)12-18(11-13)23-9-8-21-19(22)15(3)24-17-6-4-16(20)5-7-17/h4-7,10-12,15H,8-9H2,1-3H3,(H,21,22). The zero-order valence-electron chi connectivity index (χ0n) is 14.1. The molecule has 0 aliphatic rings. The molecule has 1 atom stereocenters. The Bertz CT molecular complexity index is 665. The maximum absolute atomic E-state index is 12.0. The van der Waals surface area contributed by atoms with Gasteiger partial charge >= 0.3 is 0 Å². The minimum absolute atomic E-state index is 0.165. The maximum atomic E-state index is 12.0. The van der Waals surface area contributed by atoms with Crippen LogP contribution in [0.15, 0.2) is 46.9 Å². The van der Waals surface area contributed by atoms with E-state index in [0.29, 0.717) is 18.9 Å². The first-order valence-corrected chi connectivity index (χ1v) is 8.64. The Balaban J connectivity index is 1.73. The molecule has 0 aromatic heterocycles. The summed E-state index contributed by atoms with van der Waals surface area (Å²) in [6, 6.07) is 13.4. The van der Waals surface area contributed by atoms with Gasteiger partial charge in [0.2, 0.25) is 0 Å². The molecule has 24 heavy (non-hydrogen) atoms. The summed E-state index contributed by atoms with van der Waals surface area (Å²) < 4.78 is 12.2. The summed E-state index contributed by atoms with van der Waals surface area (Å²) in [7, 11) is 0. The van der Waals surface area contributed by atoms with Gasteiger partial charge in [-0.25, -0.2) is 0 Å². The number of ether oxygens (including phenoxy) is 2. The van der Waals surface area contributed by atoms with E-state index in [1.54, 1.807) is 6.92 Å². The van der Waals surface area contributed by atoms with Crippen molar-refractivity contribution in [3.63, 3.8) is 0 Å². The number of carbonyl (C=O) groups is 1. The normalized spacial score (nSPS) is 11.7. The van der Waals surface area contributed by atoms with Gasteiger partial charge in [-0.1, -0.05) is 22.0 Å². The minimum Gasteiger partial charge on any atom is -0.492 e. The number of nitrogens with one attached hydrogen (secondary N) is 1. The topological polar surface area (TPSA) is 47.6 Å². The molecule has 0 heterocycles. The molecule has 0 fully saturated rings. The number of carbonyl (C=O) groups excluding carboxylic acids is 1. The fourth-order valence-electron chi connectivity index (χ4n) is 2.27. The minimum atomic E-state index is -0.563. The lowest BCUT2D eigenvalue weighted by molar-refractivity contribution is -0.127. The summed E-state index contributed by atoms with van der Waals surface area (Å²) >= 11 is 3.36. The molecule has 4 nitrogen and oxygen atoms in total. The highest BCUT2D eigenvalue weighted by atomic mass is 79.9. The zero-order valence-corrected chi connectivity index (χ0v) is 15.7. The largest absolute Gasteiger partial charge is 0.492 e. The van der Waals surface area contributed by atoms with Gasteiger partial charge in [0.05, 0.1) is 6.54 Å². The van der Waals surface area contributed by atoms with Gasteiger partial charge in [-0.15, -0.1) is 0 Å². The number of benzene rings is 2. The Labute approximate surface area is 151 Å². The highest BCUT2D eigenvalue weighted by Crippen LogP contribution is 2.17. The molecule has 1 amide bonds. The predicted octanol–water partition coefficient (Wildman–Crippen LogP) is 4.03. The van der Waals surface area contributed by atoms with Crippen LogP contribution in [0, 0.1) is 13.8 Å². The summed E-state index contributed by atoms with van der Waals surface area (Å²) in [6.45, 7) is 6.63. The van der Waals surface area contributed by atoms with Crippen molar-refractivity contribution in [1.29, 1.82) is 0 Å². The average Bonchev–Trinajstić information content (AvgIpc) is 2.52. The third kappa shape index (κ3) is 5.89. The van der Waals surface area contributed by atoms with E-state index in [9.17, 15) is 4.79 Å². The van der Waals surface area contributed by atoms with Gasteiger partial charge in [0.15, 0.2) is 6.10 Å². The molecule has 5 heteroatoms. The molecule has 2 aromatic carbocycles. The van der Waals surface area contributed by atoms with Gasteiger partial charge in [0.25, 0.3) is 5.91 Å². The Hall–Kier alpha value is -2.01. The molecule has 0 saturated heterocycles. The molecule has 1 unspecified atom stereocenters. The summed E-state index contributed by atoms with van der Waals surface area (Å²) in [6.07, 6.45) is -0.563. The van der Waals surface area contributed by atoms with Crippen LogP contribution in [-0.2, 0) is 4.79 Å². The maximum Gasteiger partial charge on any atom is 0.260 e. The van der Waals surface area contributed by atoms with Crippen LogP contribution >= 0.6 is 15.9 Å². The van der Waals surface area contributed by atoms with Crippen molar-refractivity contribution in [2.45, 2.75) is 26.9 Å². The number of rotatable bonds is 7. The van der Waals surface area contributed by atoms with E-state index < -0.39 is 6.10 Å². The van der Waals surface area contributed by atoms with Crippen molar-refractivity contribution in [1.82, 2.24) is 5.32 Å². The van der Waals surface area contributed by atoms with E-state index in [2.05, 4.69) is 27.3 Å². The Morgan fingerprint density at radius 1 is 1.08 bits per heavy atom. The number of hydrogen-bond acceptors (Lipinski definition) is 3. The Kier molecular flexibility index (Phi) is 6.67. The van der Waals surface area contributed by atoms with Crippen LogP contribution in [-0.4, -0.2) is 25.2 Å². The molecular weight excluding hydrogens is 370 g/mol. The highest BCUT2D eigenvalue weighted by Gasteiger charge is 2.14. The quantitative estimate of drug-likeness (QED) is 0.724.